The lowest BCUT2D eigenvalue weighted by Gasteiger charge is -2.14. The molecule has 0 nitrogen and oxygen atoms in total. The largest absolute Gasteiger partial charge is 0.0654 e. The highest BCUT2D eigenvalue weighted by atomic mass is 14.1. The van der Waals surface area contributed by atoms with Gasteiger partial charge < -0.3 is 0 Å². The molecule has 0 aliphatic carbocycles. The van der Waals surface area contributed by atoms with E-state index in [0.717, 1.165) is 11.8 Å². The minimum atomic E-state index is 0.953. The zero-order valence-corrected chi connectivity index (χ0v) is 32.7. The number of unbranched alkanes of at least 4 members (excludes halogenated alkanes) is 32. The fourth-order valence-corrected chi connectivity index (χ4v) is 7.54. The molecule has 0 aliphatic heterocycles. The summed E-state index contributed by atoms with van der Waals surface area (Å²) in [6.45, 7) is 9.66. The highest BCUT2D eigenvalue weighted by Gasteiger charge is 2.06. The van der Waals surface area contributed by atoms with Crippen LogP contribution in [0.4, 0.5) is 0 Å². The highest BCUT2D eigenvalue weighted by Crippen LogP contribution is 2.22. The van der Waals surface area contributed by atoms with Crippen molar-refractivity contribution in [1.29, 1.82) is 0 Å². The summed E-state index contributed by atoms with van der Waals surface area (Å²) in [7, 11) is 0. The maximum Gasteiger partial charge on any atom is -0.0443 e. The zero-order chi connectivity index (χ0) is 32.7. The molecule has 0 rings (SSSR count). The summed E-state index contributed by atoms with van der Waals surface area (Å²) in [4.78, 5) is 0. The molecular weight excluding hydrogens is 540 g/mol. The number of hydrogen-bond acceptors (Lipinski definition) is 0. The molecule has 0 saturated carbocycles. The minimum absolute atomic E-state index is 0.953. The second-order valence-corrected chi connectivity index (χ2v) is 16.0. The van der Waals surface area contributed by atoms with E-state index in [0.29, 0.717) is 0 Å². The van der Waals surface area contributed by atoms with Crippen molar-refractivity contribution in [3.05, 3.63) is 0 Å². The van der Waals surface area contributed by atoms with Gasteiger partial charge >= 0.3 is 0 Å². The quantitative estimate of drug-likeness (QED) is 0.0590. The van der Waals surface area contributed by atoms with Gasteiger partial charge in [0.25, 0.3) is 0 Å². The number of hydrogen-bond donors (Lipinski definition) is 0. The Kier molecular flexibility index (Phi) is 40.2. The molecule has 0 fully saturated rings. The van der Waals surface area contributed by atoms with Crippen LogP contribution >= 0.6 is 0 Å². The average Bonchev–Trinajstić information content (AvgIpc) is 3.04. The normalized spacial score (nSPS) is 13.1. The molecule has 0 heteroatoms. The Morgan fingerprint density at radius 1 is 0.200 bits per heavy atom. The van der Waals surface area contributed by atoms with Crippen molar-refractivity contribution in [2.24, 2.45) is 11.8 Å². The average molecular weight is 633 g/mol. The molecule has 0 aliphatic rings. The molecule has 0 aromatic heterocycles. The lowest BCUT2D eigenvalue weighted by molar-refractivity contribution is 0.390. The molecule has 272 valence electrons. The Morgan fingerprint density at radius 2 is 0.356 bits per heavy atom. The predicted molar refractivity (Wildman–Crippen MR) is 210 cm³/mol. The maximum absolute atomic E-state index is 2.52. The molecule has 0 heterocycles. The first kappa shape index (κ1) is 45.0. The SMILES string of the molecule is CCCCCCCCCCCCCCCCCCCCCCCCC(C)CCCC(C)CCCCCCCCCCCCCC. The van der Waals surface area contributed by atoms with Crippen LogP contribution in [0.1, 0.15) is 278 Å². The van der Waals surface area contributed by atoms with Gasteiger partial charge in [0.15, 0.2) is 0 Å². The molecule has 0 saturated heterocycles. The van der Waals surface area contributed by atoms with Crippen molar-refractivity contribution < 1.29 is 0 Å². The standard InChI is InChI=1S/C45H92/c1-5-7-9-11-13-15-17-19-20-21-22-23-24-25-26-27-28-30-32-34-36-38-41-45(4)43-39-42-44(3)40-37-35-33-31-29-18-16-14-12-10-8-6-2/h44-45H,5-43H2,1-4H3. The summed E-state index contributed by atoms with van der Waals surface area (Å²) in [5, 5.41) is 0. The van der Waals surface area contributed by atoms with Crippen molar-refractivity contribution in [1.82, 2.24) is 0 Å². The predicted octanol–water partition coefficient (Wildman–Crippen LogP) is 17.5. The van der Waals surface area contributed by atoms with Gasteiger partial charge in [-0.3, -0.25) is 0 Å². The van der Waals surface area contributed by atoms with Crippen molar-refractivity contribution in [3.63, 3.8) is 0 Å². The fraction of sp³-hybridized carbons (Fsp3) is 1.00. The summed E-state index contributed by atoms with van der Waals surface area (Å²) in [6.07, 6.45) is 57.6. The van der Waals surface area contributed by atoms with E-state index in [1.165, 1.54) is 250 Å². The summed E-state index contributed by atoms with van der Waals surface area (Å²) < 4.78 is 0. The Hall–Kier alpha value is 0. The van der Waals surface area contributed by atoms with Crippen molar-refractivity contribution in [2.75, 3.05) is 0 Å². The molecule has 0 bridgehead atoms. The van der Waals surface area contributed by atoms with E-state index in [2.05, 4.69) is 27.7 Å². The van der Waals surface area contributed by atoms with E-state index in [4.69, 9.17) is 0 Å². The molecule has 0 aromatic carbocycles. The fourth-order valence-electron chi connectivity index (χ4n) is 7.54. The molecule has 0 radical (unpaired) electrons. The van der Waals surface area contributed by atoms with Crippen molar-refractivity contribution >= 4 is 0 Å². The first-order valence-electron chi connectivity index (χ1n) is 22.2. The molecule has 0 aromatic rings. The first-order chi connectivity index (χ1) is 22.2. The van der Waals surface area contributed by atoms with E-state index < -0.39 is 0 Å². The third kappa shape index (κ3) is 40.1. The topological polar surface area (TPSA) is 0 Å². The Balaban J connectivity index is 3.23. The van der Waals surface area contributed by atoms with E-state index in [1.807, 2.05) is 0 Å². The van der Waals surface area contributed by atoms with Crippen LogP contribution in [0.3, 0.4) is 0 Å². The Labute approximate surface area is 289 Å². The van der Waals surface area contributed by atoms with E-state index in [1.54, 1.807) is 0 Å². The van der Waals surface area contributed by atoms with Crippen LogP contribution in [0.15, 0.2) is 0 Å². The van der Waals surface area contributed by atoms with Crippen LogP contribution in [0.2, 0.25) is 0 Å². The monoisotopic (exact) mass is 633 g/mol. The smallest absolute Gasteiger partial charge is 0.0443 e. The zero-order valence-electron chi connectivity index (χ0n) is 32.7. The summed E-state index contributed by atoms with van der Waals surface area (Å²) in [5.74, 6) is 1.91. The van der Waals surface area contributed by atoms with Crippen molar-refractivity contribution in [3.8, 4) is 0 Å². The second-order valence-electron chi connectivity index (χ2n) is 16.0. The van der Waals surface area contributed by atoms with Gasteiger partial charge in [-0.2, -0.15) is 0 Å². The van der Waals surface area contributed by atoms with Gasteiger partial charge in [-0.1, -0.05) is 278 Å². The van der Waals surface area contributed by atoms with Gasteiger partial charge in [0.05, 0.1) is 0 Å². The van der Waals surface area contributed by atoms with Gasteiger partial charge in [-0.15, -0.1) is 0 Å². The first-order valence-corrected chi connectivity index (χ1v) is 22.2. The summed E-state index contributed by atoms with van der Waals surface area (Å²) in [6, 6.07) is 0. The number of rotatable bonds is 40. The Morgan fingerprint density at radius 3 is 0.556 bits per heavy atom. The van der Waals surface area contributed by atoms with Gasteiger partial charge in [0, 0.05) is 0 Å². The summed E-state index contributed by atoms with van der Waals surface area (Å²) >= 11 is 0. The minimum Gasteiger partial charge on any atom is -0.0654 e. The van der Waals surface area contributed by atoms with Crippen LogP contribution in [-0.2, 0) is 0 Å². The summed E-state index contributed by atoms with van der Waals surface area (Å²) in [5.41, 5.74) is 0. The second kappa shape index (κ2) is 40.2. The lowest BCUT2D eigenvalue weighted by atomic mass is 9.92. The van der Waals surface area contributed by atoms with Gasteiger partial charge in [0.2, 0.25) is 0 Å². The molecular formula is C45H92. The van der Waals surface area contributed by atoms with E-state index >= 15 is 0 Å². The molecule has 0 N–H and O–H groups in total. The molecule has 2 atom stereocenters. The lowest BCUT2D eigenvalue weighted by Crippen LogP contribution is -1.99. The van der Waals surface area contributed by atoms with E-state index in [-0.39, 0.29) is 0 Å². The van der Waals surface area contributed by atoms with Gasteiger partial charge in [0.1, 0.15) is 0 Å². The van der Waals surface area contributed by atoms with Gasteiger partial charge in [-0.05, 0) is 11.8 Å². The third-order valence-electron chi connectivity index (χ3n) is 11.0. The maximum atomic E-state index is 2.52. The third-order valence-corrected chi connectivity index (χ3v) is 11.0. The van der Waals surface area contributed by atoms with Crippen LogP contribution in [0, 0.1) is 11.8 Å². The molecule has 45 heavy (non-hydrogen) atoms. The van der Waals surface area contributed by atoms with Crippen molar-refractivity contribution in [2.45, 2.75) is 278 Å². The van der Waals surface area contributed by atoms with E-state index in [9.17, 15) is 0 Å². The van der Waals surface area contributed by atoms with Gasteiger partial charge in [-0.25, -0.2) is 0 Å². The van der Waals surface area contributed by atoms with Crippen LogP contribution in [-0.4, -0.2) is 0 Å². The molecule has 0 amide bonds. The van der Waals surface area contributed by atoms with Crippen LogP contribution in [0.25, 0.3) is 0 Å². The molecule has 0 spiro atoms. The molecule has 2 unspecified atom stereocenters. The van der Waals surface area contributed by atoms with Crippen LogP contribution in [0.5, 0.6) is 0 Å². The highest BCUT2D eigenvalue weighted by molar-refractivity contribution is 4.60. The Bertz CT molecular complexity index is 494. The van der Waals surface area contributed by atoms with Crippen LogP contribution < -0.4 is 0 Å².